The number of hydrogen-bond donors (Lipinski definition) is 1. The number of hydrogen-bond acceptors (Lipinski definition) is 4. The number of nitrogens with two attached hydrogens (primary N) is 1. The molecule has 3 nitrogen and oxygen atoms in total. The Balaban J connectivity index is 2.44. The molecule has 0 aliphatic heterocycles. The zero-order valence-corrected chi connectivity index (χ0v) is 7.52. The number of rotatable bonds is 3. The van der Waals surface area contributed by atoms with E-state index in [9.17, 15) is 0 Å². The average Bonchev–Trinajstić information content (AvgIpc) is 2.31. The van der Waals surface area contributed by atoms with Crippen LogP contribution >= 0.6 is 11.5 Å². The van der Waals surface area contributed by atoms with E-state index in [1.807, 2.05) is 13.8 Å². The first-order chi connectivity index (χ1) is 5.20. The molecule has 0 bridgehead atoms. The number of aromatic nitrogens is 1. The second-order valence-electron chi connectivity index (χ2n) is 2.56. The molecule has 1 heterocycles. The van der Waals surface area contributed by atoms with Crippen LogP contribution in [0.25, 0.3) is 0 Å². The van der Waals surface area contributed by atoms with Crippen molar-refractivity contribution in [1.82, 2.24) is 4.37 Å². The van der Waals surface area contributed by atoms with E-state index in [0.29, 0.717) is 6.61 Å². The van der Waals surface area contributed by atoms with Crippen molar-refractivity contribution in [1.29, 1.82) is 0 Å². The highest BCUT2D eigenvalue weighted by Gasteiger charge is 2.02. The van der Waals surface area contributed by atoms with Crippen LogP contribution in [0.5, 0.6) is 0 Å². The average molecular weight is 172 g/mol. The topological polar surface area (TPSA) is 48.1 Å². The number of ether oxygens (including phenoxy) is 1. The van der Waals surface area contributed by atoms with Gasteiger partial charge in [-0.25, -0.2) is 0 Å². The van der Waals surface area contributed by atoms with Crippen LogP contribution in [0, 0.1) is 0 Å². The van der Waals surface area contributed by atoms with Crippen LogP contribution in [0.15, 0.2) is 6.20 Å². The van der Waals surface area contributed by atoms with Gasteiger partial charge in [0, 0.05) is 0 Å². The van der Waals surface area contributed by atoms with E-state index in [1.54, 1.807) is 6.20 Å². The Morgan fingerprint density at radius 3 is 2.91 bits per heavy atom. The highest BCUT2D eigenvalue weighted by atomic mass is 32.1. The zero-order valence-electron chi connectivity index (χ0n) is 6.70. The van der Waals surface area contributed by atoms with Crippen LogP contribution in [0.2, 0.25) is 0 Å². The molecule has 1 aromatic rings. The molecule has 2 N–H and O–H groups in total. The minimum Gasteiger partial charge on any atom is -0.396 e. The van der Waals surface area contributed by atoms with Crippen LogP contribution in [0.3, 0.4) is 0 Å². The molecule has 0 aliphatic carbocycles. The van der Waals surface area contributed by atoms with Crippen molar-refractivity contribution in [2.24, 2.45) is 0 Å². The van der Waals surface area contributed by atoms with Gasteiger partial charge in [-0.3, -0.25) is 0 Å². The van der Waals surface area contributed by atoms with Crippen LogP contribution < -0.4 is 5.73 Å². The summed E-state index contributed by atoms with van der Waals surface area (Å²) in [7, 11) is 0. The summed E-state index contributed by atoms with van der Waals surface area (Å²) in [6.45, 7) is 4.57. The zero-order chi connectivity index (χ0) is 8.27. The maximum Gasteiger partial charge on any atom is 0.0849 e. The minimum absolute atomic E-state index is 0.247. The number of anilines is 1. The predicted octanol–water partition coefficient (Wildman–Crippen LogP) is 1.65. The van der Waals surface area contributed by atoms with Crippen LogP contribution in [-0.2, 0) is 11.3 Å². The Morgan fingerprint density at radius 2 is 2.45 bits per heavy atom. The molecule has 0 spiro atoms. The van der Waals surface area contributed by atoms with Gasteiger partial charge >= 0.3 is 0 Å². The molecule has 11 heavy (non-hydrogen) atoms. The van der Waals surface area contributed by atoms with Crippen LogP contribution in [-0.4, -0.2) is 10.5 Å². The third-order valence-electron chi connectivity index (χ3n) is 1.22. The Kier molecular flexibility index (Phi) is 2.84. The number of nitrogens with zero attached hydrogens (tertiary/aromatic N) is 1. The van der Waals surface area contributed by atoms with E-state index in [4.69, 9.17) is 10.5 Å². The summed E-state index contributed by atoms with van der Waals surface area (Å²) in [5.74, 6) is 0. The molecule has 0 saturated heterocycles. The Morgan fingerprint density at radius 1 is 1.73 bits per heavy atom. The molecule has 0 saturated carbocycles. The monoisotopic (exact) mass is 172 g/mol. The van der Waals surface area contributed by atoms with E-state index < -0.39 is 0 Å². The molecule has 62 valence electrons. The molecule has 1 rings (SSSR count). The molecule has 4 heteroatoms. The third kappa shape index (κ3) is 2.48. The third-order valence-corrected chi connectivity index (χ3v) is 2.01. The van der Waals surface area contributed by atoms with Gasteiger partial charge in [0.25, 0.3) is 0 Å². The standard InChI is InChI=1S/C7H12N2OS/c1-5(2)10-4-7-6(8)3-9-11-7/h3,5H,4,8H2,1-2H3. The fraction of sp³-hybridized carbons (Fsp3) is 0.571. The lowest BCUT2D eigenvalue weighted by molar-refractivity contribution is 0.0678. The van der Waals surface area contributed by atoms with Gasteiger partial charge in [0.05, 0.1) is 29.5 Å². The first kappa shape index (κ1) is 8.49. The van der Waals surface area contributed by atoms with Crippen molar-refractivity contribution in [3.05, 3.63) is 11.1 Å². The summed E-state index contributed by atoms with van der Waals surface area (Å²) in [5.41, 5.74) is 6.33. The smallest absolute Gasteiger partial charge is 0.0849 e. The van der Waals surface area contributed by atoms with Gasteiger partial charge in [0.2, 0.25) is 0 Å². The van der Waals surface area contributed by atoms with Gasteiger partial charge in [-0.05, 0) is 25.4 Å². The minimum atomic E-state index is 0.247. The van der Waals surface area contributed by atoms with E-state index >= 15 is 0 Å². The summed E-state index contributed by atoms with van der Waals surface area (Å²) in [6, 6.07) is 0. The molecule has 0 aromatic carbocycles. The van der Waals surface area contributed by atoms with Crippen molar-refractivity contribution in [2.75, 3.05) is 5.73 Å². The van der Waals surface area contributed by atoms with Crippen molar-refractivity contribution >= 4 is 17.2 Å². The van der Waals surface area contributed by atoms with E-state index in [1.165, 1.54) is 11.5 Å². The van der Waals surface area contributed by atoms with Crippen molar-refractivity contribution in [3.63, 3.8) is 0 Å². The second-order valence-corrected chi connectivity index (χ2v) is 3.45. The van der Waals surface area contributed by atoms with Crippen LogP contribution in [0.1, 0.15) is 18.7 Å². The molecule has 0 radical (unpaired) electrons. The van der Waals surface area contributed by atoms with Crippen LogP contribution in [0.4, 0.5) is 5.69 Å². The van der Waals surface area contributed by atoms with Crippen molar-refractivity contribution in [2.45, 2.75) is 26.6 Å². The fourth-order valence-corrected chi connectivity index (χ4v) is 1.20. The van der Waals surface area contributed by atoms with Gasteiger partial charge in [0.1, 0.15) is 0 Å². The van der Waals surface area contributed by atoms with Gasteiger partial charge < -0.3 is 10.5 Å². The highest BCUT2D eigenvalue weighted by Crippen LogP contribution is 2.16. The van der Waals surface area contributed by atoms with Gasteiger partial charge in [-0.2, -0.15) is 4.37 Å². The Labute approximate surface area is 70.3 Å². The SMILES string of the molecule is CC(C)OCc1sncc1N. The van der Waals surface area contributed by atoms with Gasteiger partial charge in [-0.15, -0.1) is 0 Å². The van der Waals surface area contributed by atoms with E-state index in [-0.39, 0.29) is 6.10 Å². The molecular formula is C7H12N2OS. The lowest BCUT2D eigenvalue weighted by Gasteiger charge is -2.04. The quantitative estimate of drug-likeness (QED) is 0.754. The summed E-state index contributed by atoms with van der Waals surface area (Å²) >= 11 is 1.39. The lowest BCUT2D eigenvalue weighted by atomic mass is 10.4. The molecular weight excluding hydrogens is 160 g/mol. The Hall–Kier alpha value is -0.610. The lowest BCUT2D eigenvalue weighted by Crippen LogP contribution is -2.02. The maximum absolute atomic E-state index is 5.59. The van der Waals surface area contributed by atoms with E-state index in [2.05, 4.69) is 4.37 Å². The predicted molar refractivity (Wildman–Crippen MR) is 46.5 cm³/mol. The second kappa shape index (κ2) is 3.69. The summed E-state index contributed by atoms with van der Waals surface area (Å²) in [4.78, 5) is 1.01. The number of nitrogen functional groups attached to an aromatic ring is 1. The molecule has 0 atom stereocenters. The summed E-state index contributed by atoms with van der Waals surface area (Å²) in [5, 5.41) is 0. The molecule has 1 aromatic heterocycles. The van der Waals surface area contributed by atoms with Crippen molar-refractivity contribution < 1.29 is 4.74 Å². The summed E-state index contributed by atoms with van der Waals surface area (Å²) in [6.07, 6.45) is 1.90. The molecule has 0 aliphatic rings. The maximum atomic E-state index is 5.59. The molecule has 0 unspecified atom stereocenters. The highest BCUT2D eigenvalue weighted by molar-refractivity contribution is 7.06. The first-order valence-electron chi connectivity index (χ1n) is 3.50. The van der Waals surface area contributed by atoms with Gasteiger partial charge in [0.15, 0.2) is 0 Å². The molecule has 0 fully saturated rings. The van der Waals surface area contributed by atoms with Crippen molar-refractivity contribution in [3.8, 4) is 0 Å². The molecule has 0 amide bonds. The van der Waals surface area contributed by atoms with E-state index in [0.717, 1.165) is 10.6 Å². The Bertz CT molecular complexity index is 222. The first-order valence-corrected chi connectivity index (χ1v) is 4.28. The largest absolute Gasteiger partial charge is 0.396 e. The fourth-order valence-electron chi connectivity index (χ4n) is 0.623. The van der Waals surface area contributed by atoms with Gasteiger partial charge in [-0.1, -0.05) is 0 Å². The summed E-state index contributed by atoms with van der Waals surface area (Å²) < 4.78 is 9.29. The normalized spacial score (nSPS) is 10.8.